The zero-order chi connectivity index (χ0) is 12.3. The molecule has 0 aromatic rings. The number of rotatable bonds is 6. The molecule has 0 saturated heterocycles. The van der Waals surface area contributed by atoms with Gasteiger partial charge in [0.25, 0.3) is 0 Å². The summed E-state index contributed by atoms with van der Waals surface area (Å²) in [4.78, 5) is 1.79. The molecule has 0 unspecified atom stereocenters. The summed E-state index contributed by atoms with van der Waals surface area (Å²) >= 11 is -5.25. The SMILES string of the molecule is O=[Se](=O)(O)O.OCCN(CCO)CCO. The summed E-state index contributed by atoms with van der Waals surface area (Å²) in [5.41, 5.74) is 0. The van der Waals surface area contributed by atoms with Gasteiger partial charge in [0.2, 0.25) is 0 Å². The van der Waals surface area contributed by atoms with Gasteiger partial charge in [-0.1, -0.05) is 0 Å². The van der Waals surface area contributed by atoms with Gasteiger partial charge in [0, 0.05) is 19.6 Å². The molecule has 5 N–H and O–H groups in total. The van der Waals surface area contributed by atoms with Crippen LogP contribution in [0.5, 0.6) is 0 Å². The molecule has 0 saturated carbocycles. The van der Waals surface area contributed by atoms with Crippen LogP contribution < -0.4 is 0 Å². The van der Waals surface area contributed by atoms with E-state index in [1.54, 1.807) is 4.90 Å². The summed E-state index contributed by atoms with van der Waals surface area (Å²) in [5.74, 6) is 0. The van der Waals surface area contributed by atoms with Crippen LogP contribution in [0.25, 0.3) is 0 Å². The predicted molar refractivity (Wildman–Crippen MR) is 49.3 cm³/mol. The largest absolute Gasteiger partial charge is 0.395 e. The van der Waals surface area contributed by atoms with Crippen molar-refractivity contribution in [3.8, 4) is 0 Å². The molecule has 0 fully saturated rings. The van der Waals surface area contributed by atoms with Crippen LogP contribution >= 0.6 is 0 Å². The molecule has 0 aliphatic carbocycles. The minimum Gasteiger partial charge on any atom is -0.395 e. The molecule has 0 aromatic heterocycles. The maximum atomic E-state index is 8.82. The van der Waals surface area contributed by atoms with Crippen LogP contribution in [0.15, 0.2) is 0 Å². The Bertz CT molecular complexity index is 195. The summed E-state index contributed by atoms with van der Waals surface area (Å²) < 4.78 is 31.9. The van der Waals surface area contributed by atoms with Crippen LogP contribution in [-0.4, -0.2) is 81.4 Å². The fraction of sp³-hybridized carbons (Fsp3) is 1.00. The van der Waals surface area contributed by atoms with Crippen molar-refractivity contribution < 1.29 is 31.4 Å². The molecule has 94 valence electrons. The van der Waals surface area contributed by atoms with Gasteiger partial charge in [-0.25, -0.2) is 0 Å². The van der Waals surface area contributed by atoms with Crippen molar-refractivity contribution in [2.75, 3.05) is 39.5 Å². The van der Waals surface area contributed by atoms with Gasteiger partial charge < -0.3 is 15.3 Å². The summed E-state index contributed by atoms with van der Waals surface area (Å²) in [6.45, 7) is 1.75. The monoisotopic (exact) mass is 295 g/mol. The van der Waals surface area contributed by atoms with E-state index in [4.69, 9.17) is 31.4 Å². The Labute approximate surface area is 89.7 Å². The molecule has 0 atom stereocenters. The quantitative estimate of drug-likeness (QED) is 0.319. The zero-order valence-electron chi connectivity index (χ0n) is 8.15. The van der Waals surface area contributed by atoms with Gasteiger partial charge in [0.15, 0.2) is 0 Å². The first kappa shape index (κ1) is 17.3. The topological polar surface area (TPSA) is 139 Å². The van der Waals surface area contributed by atoms with Crippen LogP contribution in [0.2, 0.25) is 0 Å². The molecule has 8 nitrogen and oxygen atoms in total. The Morgan fingerprint density at radius 2 is 1.00 bits per heavy atom. The number of aliphatic hydroxyl groups is 3. The van der Waals surface area contributed by atoms with Gasteiger partial charge in [-0.3, -0.25) is 4.90 Å². The second-order valence-electron chi connectivity index (χ2n) is 2.46. The van der Waals surface area contributed by atoms with E-state index in [2.05, 4.69) is 0 Å². The van der Waals surface area contributed by atoms with E-state index in [0.29, 0.717) is 19.6 Å². The minimum atomic E-state index is -5.25. The van der Waals surface area contributed by atoms with Crippen LogP contribution in [-0.2, 0) is 7.67 Å². The standard InChI is InChI=1S/C6H15NO3.H2O4Se/c8-4-1-7(2-5-9)3-6-10;1-5(2,3)4/h8-10H,1-6H2;(H2,1,2,3,4). The molecule has 0 radical (unpaired) electrons. The molecule has 0 spiro atoms. The fourth-order valence-electron chi connectivity index (χ4n) is 0.760. The Balaban J connectivity index is 0. The van der Waals surface area contributed by atoms with Crippen LogP contribution in [0.4, 0.5) is 0 Å². The first-order chi connectivity index (χ1) is 6.85. The second-order valence-corrected chi connectivity index (χ2v) is 4.34. The second kappa shape index (κ2) is 10.4. The molecule has 0 bridgehead atoms. The summed E-state index contributed by atoms with van der Waals surface area (Å²) in [6.07, 6.45) is 0. The fourth-order valence-corrected chi connectivity index (χ4v) is 0.760. The molecular weight excluding hydrogens is 277 g/mol. The van der Waals surface area contributed by atoms with Gasteiger partial charge in [0.1, 0.15) is 0 Å². The maximum Gasteiger partial charge on any atom is 0.0558 e. The molecule has 0 aromatic carbocycles. The first-order valence-electron chi connectivity index (χ1n) is 4.10. The molecular formula is C6H17NO7Se. The summed E-state index contributed by atoms with van der Waals surface area (Å²) in [6, 6.07) is 0. The Kier molecular flexibility index (Phi) is 12.0. The van der Waals surface area contributed by atoms with Crippen molar-refractivity contribution in [1.82, 2.24) is 4.90 Å². The summed E-state index contributed by atoms with van der Waals surface area (Å²) in [5, 5.41) is 25.5. The van der Waals surface area contributed by atoms with Crippen molar-refractivity contribution in [2.45, 2.75) is 0 Å². The van der Waals surface area contributed by atoms with E-state index >= 15 is 0 Å². The van der Waals surface area contributed by atoms with Crippen LogP contribution in [0.3, 0.4) is 0 Å². The number of hydrogen-bond donors (Lipinski definition) is 5. The third-order valence-corrected chi connectivity index (χ3v) is 1.25. The van der Waals surface area contributed by atoms with Crippen molar-refractivity contribution in [1.29, 1.82) is 0 Å². The van der Waals surface area contributed by atoms with E-state index in [1.807, 2.05) is 0 Å². The van der Waals surface area contributed by atoms with Gasteiger partial charge >= 0.3 is 29.4 Å². The molecule has 0 amide bonds. The zero-order valence-corrected chi connectivity index (χ0v) is 9.86. The van der Waals surface area contributed by atoms with Crippen molar-refractivity contribution in [3.63, 3.8) is 0 Å². The minimum absolute atomic E-state index is 0.0694. The van der Waals surface area contributed by atoms with E-state index in [9.17, 15) is 0 Å². The number of nitrogens with zero attached hydrogens (tertiary/aromatic N) is 1. The molecule has 0 aliphatic rings. The molecule has 0 aliphatic heterocycles. The average molecular weight is 294 g/mol. The summed E-state index contributed by atoms with van der Waals surface area (Å²) in [7, 11) is 0. The van der Waals surface area contributed by atoms with E-state index < -0.39 is 13.4 Å². The molecule has 9 heteroatoms. The Hall–Kier alpha value is -0.121. The van der Waals surface area contributed by atoms with E-state index in [-0.39, 0.29) is 19.8 Å². The van der Waals surface area contributed by atoms with Crippen LogP contribution in [0.1, 0.15) is 0 Å². The Morgan fingerprint density at radius 1 is 0.800 bits per heavy atom. The number of aliphatic hydroxyl groups excluding tert-OH is 3. The molecule has 0 heterocycles. The predicted octanol–water partition coefficient (Wildman–Crippen LogP) is -3.47. The van der Waals surface area contributed by atoms with Gasteiger partial charge in [0.05, 0.1) is 19.8 Å². The smallest absolute Gasteiger partial charge is 0.0558 e. The Morgan fingerprint density at radius 3 is 1.13 bits per heavy atom. The third-order valence-electron chi connectivity index (χ3n) is 1.25. The van der Waals surface area contributed by atoms with Crippen molar-refractivity contribution in [3.05, 3.63) is 0 Å². The third kappa shape index (κ3) is 24.8. The van der Waals surface area contributed by atoms with Gasteiger partial charge in [-0.05, 0) is 0 Å². The first-order valence-corrected chi connectivity index (χ1v) is 7.03. The van der Waals surface area contributed by atoms with Crippen molar-refractivity contribution >= 4 is 13.4 Å². The normalized spacial score (nSPS) is 11.1. The maximum absolute atomic E-state index is 8.82. The van der Waals surface area contributed by atoms with Gasteiger partial charge in [-0.15, -0.1) is 0 Å². The van der Waals surface area contributed by atoms with Crippen LogP contribution in [0, 0.1) is 0 Å². The van der Waals surface area contributed by atoms with E-state index in [1.165, 1.54) is 0 Å². The number of hydrogen-bond acceptors (Lipinski definition) is 6. The van der Waals surface area contributed by atoms with Crippen molar-refractivity contribution in [2.24, 2.45) is 0 Å². The molecule has 15 heavy (non-hydrogen) atoms. The molecule has 0 rings (SSSR count). The van der Waals surface area contributed by atoms with E-state index in [0.717, 1.165) is 0 Å². The average Bonchev–Trinajstić information content (AvgIpc) is 2.02. The van der Waals surface area contributed by atoms with Gasteiger partial charge in [-0.2, -0.15) is 0 Å².